The van der Waals surface area contributed by atoms with Crippen LogP contribution in [-0.4, -0.2) is 11.5 Å². The molecule has 1 aromatic carbocycles. The van der Waals surface area contributed by atoms with E-state index in [4.69, 9.17) is 0 Å². The van der Waals surface area contributed by atoms with Gasteiger partial charge in [-0.3, -0.25) is 0 Å². The van der Waals surface area contributed by atoms with Gasteiger partial charge in [-0.05, 0) is 36.6 Å². The number of hydrogen-bond donors (Lipinski definition) is 2. The summed E-state index contributed by atoms with van der Waals surface area (Å²) in [4.78, 5) is 3.61. The Hall–Kier alpha value is -1.28. The maximum absolute atomic E-state index is 3.61. The molecule has 1 aliphatic heterocycles. The molecule has 0 bridgehead atoms. The number of nitrogens with one attached hydrogen (secondary N) is 2. The number of benzene rings is 1. The molecule has 2 heterocycles. The Kier molecular flexibility index (Phi) is 2.08. The Morgan fingerprint density at radius 1 is 1.25 bits per heavy atom. The molecule has 2 N–H and O–H groups in total. The first-order chi connectivity index (χ1) is 7.66. The second-order valence-corrected chi connectivity index (χ2v) is 5.05. The van der Waals surface area contributed by atoms with E-state index in [0.29, 0.717) is 5.92 Å². The lowest BCUT2D eigenvalue weighted by molar-refractivity contribution is 0.565. The maximum atomic E-state index is 3.61. The molecule has 0 saturated heterocycles. The SMILES string of the molecule is Cc1cc(C)c2c3c([nH]c2c1)C(C)CNC3. The molecule has 16 heavy (non-hydrogen) atoms. The molecule has 0 radical (unpaired) electrons. The van der Waals surface area contributed by atoms with Gasteiger partial charge in [-0.25, -0.2) is 0 Å². The summed E-state index contributed by atoms with van der Waals surface area (Å²) in [5, 5.41) is 4.92. The molecule has 1 atom stereocenters. The molecular formula is C14H18N2. The van der Waals surface area contributed by atoms with Crippen molar-refractivity contribution in [2.24, 2.45) is 0 Å². The molecule has 1 aliphatic rings. The Bertz CT molecular complexity index is 551. The minimum atomic E-state index is 0.593. The van der Waals surface area contributed by atoms with Crippen molar-refractivity contribution in [3.05, 3.63) is 34.5 Å². The van der Waals surface area contributed by atoms with Gasteiger partial charge in [-0.1, -0.05) is 13.0 Å². The van der Waals surface area contributed by atoms with E-state index in [1.807, 2.05) is 0 Å². The first-order valence-corrected chi connectivity index (χ1v) is 5.99. The topological polar surface area (TPSA) is 27.8 Å². The van der Waals surface area contributed by atoms with Crippen molar-refractivity contribution >= 4 is 10.9 Å². The van der Waals surface area contributed by atoms with Gasteiger partial charge in [0.1, 0.15) is 0 Å². The first-order valence-electron chi connectivity index (χ1n) is 5.99. The van der Waals surface area contributed by atoms with Crippen molar-refractivity contribution in [2.45, 2.75) is 33.2 Å². The predicted octanol–water partition coefficient (Wildman–Crippen LogP) is 2.99. The van der Waals surface area contributed by atoms with Crippen LogP contribution in [0.15, 0.2) is 12.1 Å². The summed E-state index contributed by atoms with van der Waals surface area (Å²) < 4.78 is 0. The van der Waals surface area contributed by atoms with Gasteiger partial charge < -0.3 is 10.3 Å². The highest BCUT2D eigenvalue weighted by molar-refractivity contribution is 5.88. The second-order valence-electron chi connectivity index (χ2n) is 5.05. The summed E-state index contributed by atoms with van der Waals surface area (Å²) in [7, 11) is 0. The van der Waals surface area contributed by atoms with Crippen LogP contribution in [0.5, 0.6) is 0 Å². The van der Waals surface area contributed by atoms with Crippen LogP contribution in [0.1, 0.15) is 35.2 Å². The van der Waals surface area contributed by atoms with Crippen LogP contribution in [0.4, 0.5) is 0 Å². The lowest BCUT2D eigenvalue weighted by Crippen LogP contribution is -2.26. The summed E-state index contributed by atoms with van der Waals surface area (Å²) in [5.74, 6) is 0.593. The highest BCUT2D eigenvalue weighted by Gasteiger charge is 2.21. The van der Waals surface area contributed by atoms with Crippen LogP contribution >= 0.6 is 0 Å². The van der Waals surface area contributed by atoms with Gasteiger partial charge in [0.25, 0.3) is 0 Å². The number of aryl methyl sites for hydroxylation is 2. The van der Waals surface area contributed by atoms with Gasteiger partial charge in [0.15, 0.2) is 0 Å². The third kappa shape index (κ3) is 1.30. The minimum Gasteiger partial charge on any atom is -0.358 e. The van der Waals surface area contributed by atoms with Gasteiger partial charge in [0.2, 0.25) is 0 Å². The van der Waals surface area contributed by atoms with E-state index < -0.39 is 0 Å². The van der Waals surface area contributed by atoms with Crippen molar-refractivity contribution in [2.75, 3.05) is 6.54 Å². The zero-order valence-electron chi connectivity index (χ0n) is 10.1. The van der Waals surface area contributed by atoms with E-state index in [9.17, 15) is 0 Å². The summed E-state index contributed by atoms with van der Waals surface area (Å²) >= 11 is 0. The van der Waals surface area contributed by atoms with Crippen LogP contribution in [0.2, 0.25) is 0 Å². The maximum Gasteiger partial charge on any atom is 0.0464 e. The van der Waals surface area contributed by atoms with Crippen molar-refractivity contribution in [3.8, 4) is 0 Å². The molecule has 0 amide bonds. The molecule has 2 heteroatoms. The smallest absolute Gasteiger partial charge is 0.0464 e. The molecule has 2 nitrogen and oxygen atoms in total. The fourth-order valence-electron chi connectivity index (χ4n) is 2.94. The Labute approximate surface area is 96.1 Å². The molecule has 0 fully saturated rings. The van der Waals surface area contributed by atoms with E-state index in [1.165, 1.54) is 33.3 Å². The van der Waals surface area contributed by atoms with Crippen LogP contribution in [0.3, 0.4) is 0 Å². The van der Waals surface area contributed by atoms with Crippen molar-refractivity contribution < 1.29 is 0 Å². The molecule has 1 unspecified atom stereocenters. The monoisotopic (exact) mass is 214 g/mol. The van der Waals surface area contributed by atoms with Crippen molar-refractivity contribution in [1.29, 1.82) is 0 Å². The van der Waals surface area contributed by atoms with Crippen LogP contribution < -0.4 is 5.32 Å². The van der Waals surface area contributed by atoms with Crippen LogP contribution in [-0.2, 0) is 6.54 Å². The van der Waals surface area contributed by atoms with Gasteiger partial charge >= 0.3 is 0 Å². The third-order valence-electron chi connectivity index (χ3n) is 3.62. The van der Waals surface area contributed by atoms with E-state index in [1.54, 1.807) is 0 Å². The minimum absolute atomic E-state index is 0.593. The molecule has 0 spiro atoms. The number of fused-ring (bicyclic) bond motifs is 3. The standard InChI is InChI=1S/C14H18N2/c1-8-4-9(2)13-11-7-15-6-10(3)14(11)16-12(13)5-8/h4-5,10,15-16H,6-7H2,1-3H3. The van der Waals surface area contributed by atoms with Crippen molar-refractivity contribution in [3.63, 3.8) is 0 Å². The molecule has 3 rings (SSSR count). The first kappa shape index (κ1) is 9.91. The van der Waals surface area contributed by atoms with Gasteiger partial charge in [0.05, 0.1) is 0 Å². The second kappa shape index (κ2) is 3.36. The van der Waals surface area contributed by atoms with Crippen molar-refractivity contribution in [1.82, 2.24) is 10.3 Å². The fourth-order valence-corrected chi connectivity index (χ4v) is 2.94. The number of aromatic amines is 1. The molecule has 2 aromatic rings. The van der Waals surface area contributed by atoms with Gasteiger partial charge in [-0.15, -0.1) is 0 Å². The molecule has 0 aliphatic carbocycles. The summed E-state index contributed by atoms with van der Waals surface area (Å²) in [6, 6.07) is 4.53. The Balaban J connectivity index is 2.36. The van der Waals surface area contributed by atoms with E-state index >= 15 is 0 Å². The summed E-state index contributed by atoms with van der Waals surface area (Å²) in [5.41, 5.74) is 6.94. The number of hydrogen-bond acceptors (Lipinski definition) is 1. The molecule has 0 saturated carbocycles. The zero-order valence-corrected chi connectivity index (χ0v) is 10.1. The van der Waals surface area contributed by atoms with Crippen LogP contribution in [0.25, 0.3) is 10.9 Å². The normalized spacial score (nSPS) is 20.1. The zero-order chi connectivity index (χ0) is 11.3. The summed E-state index contributed by atoms with van der Waals surface area (Å²) in [6.45, 7) is 8.74. The quantitative estimate of drug-likeness (QED) is 0.693. The molecular weight excluding hydrogens is 196 g/mol. The van der Waals surface area contributed by atoms with Gasteiger partial charge in [0, 0.05) is 35.6 Å². The van der Waals surface area contributed by atoms with Gasteiger partial charge in [-0.2, -0.15) is 0 Å². The third-order valence-corrected chi connectivity index (χ3v) is 3.62. The average molecular weight is 214 g/mol. The Morgan fingerprint density at radius 2 is 2.06 bits per heavy atom. The molecule has 84 valence electrons. The largest absolute Gasteiger partial charge is 0.358 e. The van der Waals surface area contributed by atoms with E-state index in [0.717, 1.165) is 13.1 Å². The molecule has 1 aromatic heterocycles. The Morgan fingerprint density at radius 3 is 2.88 bits per heavy atom. The van der Waals surface area contributed by atoms with E-state index in [-0.39, 0.29) is 0 Å². The predicted molar refractivity (Wildman–Crippen MR) is 67.9 cm³/mol. The number of rotatable bonds is 0. The van der Waals surface area contributed by atoms with E-state index in [2.05, 4.69) is 43.2 Å². The highest BCUT2D eigenvalue weighted by Crippen LogP contribution is 2.32. The highest BCUT2D eigenvalue weighted by atomic mass is 14.9. The fraction of sp³-hybridized carbons (Fsp3) is 0.429. The summed E-state index contributed by atoms with van der Waals surface area (Å²) in [6.07, 6.45) is 0. The number of aromatic nitrogens is 1. The average Bonchev–Trinajstić information content (AvgIpc) is 2.57. The lowest BCUT2D eigenvalue weighted by Gasteiger charge is -2.20. The van der Waals surface area contributed by atoms with Crippen LogP contribution in [0, 0.1) is 13.8 Å². The lowest BCUT2D eigenvalue weighted by atomic mass is 9.96. The number of H-pyrrole nitrogens is 1.